The zero-order valence-electron chi connectivity index (χ0n) is 18.7. The van der Waals surface area contributed by atoms with Gasteiger partial charge in [-0.15, -0.1) is 0 Å². The van der Waals surface area contributed by atoms with Gasteiger partial charge >= 0.3 is 0 Å². The lowest BCUT2D eigenvalue weighted by atomic mass is 9.78. The Morgan fingerprint density at radius 1 is 0.679 bits per heavy atom. The summed E-state index contributed by atoms with van der Waals surface area (Å²) >= 11 is 0. The molecule has 2 aliphatic carbocycles. The monoisotopic (exact) mass is 384 g/mol. The van der Waals surface area contributed by atoms with Crippen molar-refractivity contribution in [2.45, 2.75) is 122 Å². The van der Waals surface area contributed by atoms with Crippen LogP contribution < -0.4 is 0 Å². The normalized spacial score (nSPS) is 28.4. The molecule has 2 heteroatoms. The van der Waals surface area contributed by atoms with E-state index >= 15 is 0 Å². The summed E-state index contributed by atoms with van der Waals surface area (Å²) in [6, 6.07) is 0. The minimum absolute atomic E-state index is 0.616. The number of rotatable bonds is 10. The first-order chi connectivity index (χ1) is 13.8. The number of hydrogen-bond donors (Lipinski definition) is 0. The molecule has 1 aromatic heterocycles. The van der Waals surface area contributed by atoms with Gasteiger partial charge in [-0.05, 0) is 61.8 Å². The van der Waals surface area contributed by atoms with Gasteiger partial charge in [0.1, 0.15) is 5.82 Å². The number of aryl methyl sites for hydroxylation is 1. The van der Waals surface area contributed by atoms with Crippen LogP contribution >= 0.6 is 0 Å². The molecule has 0 spiro atoms. The van der Waals surface area contributed by atoms with Crippen LogP contribution in [0.4, 0.5) is 0 Å². The van der Waals surface area contributed by atoms with Crippen molar-refractivity contribution in [3.63, 3.8) is 0 Å². The second kappa shape index (κ2) is 11.9. The topological polar surface area (TPSA) is 25.8 Å². The summed E-state index contributed by atoms with van der Waals surface area (Å²) < 4.78 is 0. The summed E-state index contributed by atoms with van der Waals surface area (Å²) in [5.41, 5.74) is 1.35. The average Bonchev–Trinajstić information content (AvgIpc) is 2.75. The van der Waals surface area contributed by atoms with Crippen LogP contribution in [0.25, 0.3) is 0 Å². The van der Waals surface area contributed by atoms with Crippen LogP contribution in [-0.2, 0) is 6.42 Å². The van der Waals surface area contributed by atoms with Gasteiger partial charge in [0.05, 0.1) is 0 Å². The predicted molar refractivity (Wildman–Crippen MR) is 120 cm³/mol. The molecule has 3 rings (SSSR count). The molecule has 0 radical (unpaired) electrons. The molecule has 0 unspecified atom stereocenters. The van der Waals surface area contributed by atoms with E-state index in [9.17, 15) is 0 Å². The third kappa shape index (κ3) is 6.85. The van der Waals surface area contributed by atoms with Crippen molar-refractivity contribution in [1.82, 2.24) is 9.97 Å². The number of hydrogen-bond acceptors (Lipinski definition) is 2. The first-order valence-electron chi connectivity index (χ1n) is 12.6. The van der Waals surface area contributed by atoms with Crippen LogP contribution in [0.3, 0.4) is 0 Å². The van der Waals surface area contributed by atoms with Crippen molar-refractivity contribution in [1.29, 1.82) is 0 Å². The number of nitrogens with zero attached hydrogens (tertiary/aromatic N) is 2. The summed E-state index contributed by atoms with van der Waals surface area (Å²) in [4.78, 5) is 9.58. The van der Waals surface area contributed by atoms with Crippen LogP contribution in [0, 0.1) is 17.8 Å². The molecule has 0 bridgehead atoms. The van der Waals surface area contributed by atoms with E-state index in [4.69, 9.17) is 9.97 Å². The van der Waals surface area contributed by atoms with E-state index in [1.807, 2.05) is 0 Å². The van der Waals surface area contributed by atoms with Crippen LogP contribution in [0.15, 0.2) is 12.4 Å². The molecule has 158 valence electrons. The highest BCUT2D eigenvalue weighted by Gasteiger charge is 2.24. The molecule has 0 aliphatic heterocycles. The summed E-state index contributed by atoms with van der Waals surface area (Å²) in [5.74, 6) is 4.66. The molecule has 2 nitrogen and oxygen atoms in total. The second-order valence-corrected chi connectivity index (χ2v) is 9.88. The molecular formula is C26H44N2. The van der Waals surface area contributed by atoms with E-state index in [0.29, 0.717) is 5.92 Å². The van der Waals surface area contributed by atoms with E-state index in [-0.39, 0.29) is 0 Å². The average molecular weight is 385 g/mol. The first kappa shape index (κ1) is 21.8. The summed E-state index contributed by atoms with van der Waals surface area (Å²) in [7, 11) is 0. The highest BCUT2D eigenvalue weighted by atomic mass is 14.9. The van der Waals surface area contributed by atoms with Gasteiger partial charge in [0.25, 0.3) is 0 Å². The van der Waals surface area contributed by atoms with Gasteiger partial charge in [0.15, 0.2) is 0 Å². The predicted octanol–water partition coefficient (Wildman–Crippen LogP) is 7.87. The van der Waals surface area contributed by atoms with Gasteiger partial charge in [-0.3, -0.25) is 0 Å². The van der Waals surface area contributed by atoms with Gasteiger partial charge in [-0.25, -0.2) is 9.97 Å². The molecule has 1 aromatic rings. The Bertz CT molecular complexity index is 522. The molecule has 28 heavy (non-hydrogen) atoms. The third-order valence-corrected chi connectivity index (χ3v) is 7.66. The minimum atomic E-state index is 0.616. The second-order valence-electron chi connectivity index (χ2n) is 9.88. The smallest absolute Gasteiger partial charge is 0.131 e. The highest BCUT2D eigenvalue weighted by Crippen LogP contribution is 2.37. The Morgan fingerprint density at radius 2 is 1.25 bits per heavy atom. The van der Waals surface area contributed by atoms with E-state index in [1.54, 1.807) is 0 Å². The van der Waals surface area contributed by atoms with Crippen molar-refractivity contribution < 1.29 is 0 Å². The van der Waals surface area contributed by atoms with Crippen molar-refractivity contribution in [3.8, 4) is 0 Å². The molecule has 2 aliphatic rings. The fraction of sp³-hybridized carbons (Fsp3) is 0.846. The fourth-order valence-corrected chi connectivity index (χ4v) is 5.68. The quantitative estimate of drug-likeness (QED) is 0.383. The number of unbranched alkanes of at least 4 members (excludes halogenated alkanes) is 2. The standard InChI is InChI=1S/C26H44N2/c1-3-5-6-8-22-15-17-25(18-16-22)26-27-19-24(20-28-26)14-13-23-11-9-21(7-4-2)10-12-23/h19-23,25H,3-18H2,1-2H3. The van der Waals surface area contributed by atoms with Crippen molar-refractivity contribution >= 4 is 0 Å². The minimum Gasteiger partial charge on any atom is -0.241 e. The molecule has 2 fully saturated rings. The van der Waals surface area contributed by atoms with Crippen LogP contribution in [-0.4, -0.2) is 9.97 Å². The molecule has 0 aromatic carbocycles. The molecular weight excluding hydrogens is 340 g/mol. The Labute approximate surface area is 174 Å². The Morgan fingerprint density at radius 3 is 1.86 bits per heavy atom. The highest BCUT2D eigenvalue weighted by molar-refractivity contribution is 5.08. The number of aromatic nitrogens is 2. The molecule has 2 saturated carbocycles. The lowest BCUT2D eigenvalue weighted by Gasteiger charge is -2.28. The lowest BCUT2D eigenvalue weighted by molar-refractivity contribution is 0.252. The molecule has 0 N–H and O–H groups in total. The van der Waals surface area contributed by atoms with Crippen LogP contribution in [0.2, 0.25) is 0 Å². The Balaban J connectivity index is 1.36. The van der Waals surface area contributed by atoms with E-state index in [0.717, 1.165) is 23.6 Å². The van der Waals surface area contributed by atoms with Crippen LogP contribution in [0.1, 0.15) is 127 Å². The largest absolute Gasteiger partial charge is 0.241 e. The Hall–Kier alpha value is -0.920. The first-order valence-corrected chi connectivity index (χ1v) is 12.6. The summed E-state index contributed by atoms with van der Waals surface area (Å²) in [6.45, 7) is 4.63. The van der Waals surface area contributed by atoms with Crippen molar-refractivity contribution in [2.75, 3.05) is 0 Å². The summed E-state index contributed by atoms with van der Waals surface area (Å²) in [5, 5.41) is 0. The molecule has 1 heterocycles. The zero-order chi connectivity index (χ0) is 19.6. The third-order valence-electron chi connectivity index (χ3n) is 7.66. The molecule has 0 saturated heterocycles. The van der Waals surface area contributed by atoms with Gasteiger partial charge in [-0.2, -0.15) is 0 Å². The van der Waals surface area contributed by atoms with E-state index in [2.05, 4.69) is 26.2 Å². The maximum atomic E-state index is 4.79. The van der Waals surface area contributed by atoms with Crippen LogP contribution in [0.5, 0.6) is 0 Å². The van der Waals surface area contributed by atoms with E-state index < -0.39 is 0 Å². The SMILES string of the molecule is CCCCCC1CCC(c2ncc(CCC3CCC(CCC)CC3)cn2)CC1. The maximum absolute atomic E-state index is 4.79. The van der Waals surface area contributed by atoms with E-state index in [1.165, 1.54) is 108 Å². The zero-order valence-corrected chi connectivity index (χ0v) is 18.7. The van der Waals surface area contributed by atoms with Gasteiger partial charge in [0.2, 0.25) is 0 Å². The van der Waals surface area contributed by atoms with Crippen molar-refractivity contribution in [2.24, 2.45) is 17.8 Å². The molecule has 0 atom stereocenters. The fourth-order valence-electron chi connectivity index (χ4n) is 5.68. The van der Waals surface area contributed by atoms with Crippen molar-refractivity contribution in [3.05, 3.63) is 23.8 Å². The Kier molecular flexibility index (Phi) is 9.28. The lowest BCUT2D eigenvalue weighted by Crippen LogP contribution is -2.16. The van der Waals surface area contributed by atoms with Gasteiger partial charge in [-0.1, -0.05) is 78.1 Å². The summed E-state index contributed by atoms with van der Waals surface area (Å²) in [6.07, 6.45) is 26.4. The molecule has 0 amide bonds. The van der Waals surface area contributed by atoms with Gasteiger partial charge in [0, 0.05) is 18.3 Å². The van der Waals surface area contributed by atoms with Gasteiger partial charge < -0.3 is 0 Å². The maximum Gasteiger partial charge on any atom is 0.131 e.